The molecule has 2 bridgehead atoms. The van der Waals surface area contributed by atoms with E-state index >= 15 is 0 Å². The fourth-order valence-corrected chi connectivity index (χ4v) is 4.96. The highest BCUT2D eigenvalue weighted by Gasteiger charge is 2.40. The molecule has 0 spiro atoms. The molecule has 0 aliphatic carbocycles. The van der Waals surface area contributed by atoms with Crippen molar-refractivity contribution in [1.82, 2.24) is 10.2 Å². The maximum absolute atomic E-state index is 12.4. The maximum atomic E-state index is 12.4. The lowest BCUT2D eigenvalue weighted by atomic mass is 9.96. The number of fused-ring (bicyclic) bond motifs is 2. The number of benzene rings is 2. The van der Waals surface area contributed by atoms with Gasteiger partial charge in [-0.15, -0.1) is 0 Å². The predicted octanol–water partition coefficient (Wildman–Crippen LogP) is 4.63. The molecule has 0 aromatic heterocycles. The first kappa shape index (κ1) is 21.2. The summed E-state index contributed by atoms with van der Waals surface area (Å²) < 4.78 is 0. The van der Waals surface area contributed by atoms with Crippen molar-refractivity contribution in [3.63, 3.8) is 0 Å². The van der Waals surface area contributed by atoms with E-state index in [-0.39, 0.29) is 24.3 Å². The number of nitrogens with one attached hydrogen (secondary N) is 2. The van der Waals surface area contributed by atoms with Gasteiger partial charge in [-0.3, -0.25) is 14.5 Å². The van der Waals surface area contributed by atoms with Crippen LogP contribution in [0.3, 0.4) is 0 Å². The molecule has 2 aliphatic heterocycles. The monoisotopic (exact) mass is 445 g/mol. The number of amides is 2. The first-order valence-electron chi connectivity index (χ1n) is 10.3. The summed E-state index contributed by atoms with van der Waals surface area (Å²) in [6, 6.07) is 16.0. The second-order valence-electron chi connectivity index (χ2n) is 8.15. The van der Waals surface area contributed by atoms with Gasteiger partial charge in [0.1, 0.15) is 6.42 Å². The average molecular weight is 446 g/mol. The summed E-state index contributed by atoms with van der Waals surface area (Å²) in [7, 11) is 0. The summed E-state index contributed by atoms with van der Waals surface area (Å²) in [5.41, 5.74) is 1.85. The Hall–Kier alpha value is -2.08. The van der Waals surface area contributed by atoms with Crippen molar-refractivity contribution < 1.29 is 9.59 Å². The first-order valence-corrected chi connectivity index (χ1v) is 11.1. The molecular weight excluding hydrogens is 421 g/mol. The van der Waals surface area contributed by atoms with E-state index in [2.05, 4.69) is 27.7 Å². The zero-order chi connectivity index (χ0) is 21.1. The van der Waals surface area contributed by atoms with Gasteiger partial charge in [0.25, 0.3) is 0 Å². The minimum Gasteiger partial charge on any atom is -0.353 e. The highest BCUT2D eigenvalue weighted by Crippen LogP contribution is 2.37. The number of hydrogen-bond donors (Lipinski definition) is 2. The van der Waals surface area contributed by atoms with Gasteiger partial charge in [-0.1, -0.05) is 41.4 Å². The van der Waals surface area contributed by atoms with E-state index in [0.29, 0.717) is 22.8 Å². The fourth-order valence-electron chi connectivity index (χ4n) is 4.65. The molecule has 2 aliphatic rings. The quantitative estimate of drug-likeness (QED) is 0.636. The third-order valence-corrected chi connectivity index (χ3v) is 6.44. The number of nitrogens with zero attached hydrogens (tertiary/aromatic N) is 1. The topological polar surface area (TPSA) is 61.4 Å². The smallest absolute Gasteiger partial charge is 0.233 e. The summed E-state index contributed by atoms with van der Waals surface area (Å²) in [6.07, 6.45) is 3.96. The van der Waals surface area contributed by atoms with Gasteiger partial charge in [0.15, 0.2) is 0 Å². The molecule has 2 aromatic carbocycles. The molecule has 2 amide bonds. The van der Waals surface area contributed by atoms with Crippen molar-refractivity contribution >= 4 is 40.7 Å². The predicted molar refractivity (Wildman–Crippen MR) is 120 cm³/mol. The third kappa shape index (κ3) is 5.34. The second kappa shape index (κ2) is 9.38. The van der Waals surface area contributed by atoms with Crippen molar-refractivity contribution in [1.29, 1.82) is 0 Å². The van der Waals surface area contributed by atoms with Gasteiger partial charge in [0, 0.05) is 40.4 Å². The summed E-state index contributed by atoms with van der Waals surface area (Å²) >= 11 is 11.9. The highest BCUT2D eigenvalue weighted by atomic mass is 35.5. The zero-order valence-electron chi connectivity index (χ0n) is 16.6. The van der Waals surface area contributed by atoms with Gasteiger partial charge in [0.05, 0.1) is 0 Å². The summed E-state index contributed by atoms with van der Waals surface area (Å²) in [4.78, 5) is 27.1. The van der Waals surface area contributed by atoms with Crippen LogP contribution in [0, 0.1) is 0 Å². The maximum Gasteiger partial charge on any atom is 0.233 e. The van der Waals surface area contributed by atoms with Crippen LogP contribution in [0.5, 0.6) is 0 Å². The minimum absolute atomic E-state index is 0.121. The molecule has 30 heavy (non-hydrogen) atoms. The summed E-state index contributed by atoms with van der Waals surface area (Å²) in [5.74, 6) is -0.567. The molecule has 158 valence electrons. The van der Waals surface area contributed by atoms with E-state index in [1.807, 2.05) is 12.1 Å². The number of halogens is 2. The van der Waals surface area contributed by atoms with Crippen molar-refractivity contribution in [2.24, 2.45) is 0 Å². The lowest BCUT2D eigenvalue weighted by molar-refractivity contribution is -0.127. The first-order chi connectivity index (χ1) is 14.5. The van der Waals surface area contributed by atoms with Crippen LogP contribution in [-0.2, 0) is 16.1 Å². The van der Waals surface area contributed by atoms with Crippen LogP contribution in [0.25, 0.3) is 0 Å². The van der Waals surface area contributed by atoms with E-state index in [1.54, 1.807) is 24.3 Å². The Bertz CT molecular complexity index is 905. The normalized spacial score (nSPS) is 23.2. The Morgan fingerprint density at radius 3 is 2.30 bits per heavy atom. The van der Waals surface area contributed by atoms with E-state index in [0.717, 1.165) is 37.3 Å². The molecule has 2 aromatic rings. The fraction of sp³-hybridized carbons (Fsp3) is 0.391. The standard InChI is InChI=1S/C23H25Cl2N3O2/c24-16-6-4-15(5-7-16)14-28-20-8-9-21(28)12-19(11-20)27-23(30)13-22(29)26-18-3-1-2-17(25)10-18/h1-7,10,19-21H,8-9,11-14H2,(H,26,29)(H,27,30)/t19?,20-,21+. The highest BCUT2D eigenvalue weighted by molar-refractivity contribution is 6.31. The number of piperidine rings is 1. The van der Waals surface area contributed by atoms with E-state index < -0.39 is 0 Å². The number of rotatable bonds is 6. The number of carbonyl (C=O) groups is 2. The van der Waals surface area contributed by atoms with E-state index in [1.165, 1.54) is 5.56 Å². The Labute approximate surface area is 186 Å². The van der Waals surface area contributed by atoms with Crippen LogP contribution in [0.1, 0.15) is 37.7 Å². The van der Waals surface area contributed by atoms with Crippen LogP contribution in [0.2, 0.25) is 10.0 Å². The third-order valence-electron chi connectivity index (χ3n) is 5.96. The zero-order valence-corrected chi connectivity index (χ0v) is 18.1. The van der Waals surface area contributed by atoms with E-state index in [9.17, 15) is 9.59 Å². The van der Waals surface area contributed by atoms with Crippen molar-refractivity contribution in [2.45, 2.75) is 56.8 Å². The van der Waals surface area contributed by atoms with Crippen LogP contribution < -0.4 is 10.6 Å². The Morgan fingerprint density at radius 2 is 1.63 bits per heavy atom. The molecule has 2 fully saturated rings. The molecule has 3 atom stereocenters. The molecule has 4 rings (SSSR count). The summed E-state index contributed by atoms with van der Waals surface area (Å²) in [5, 5.41) is 7.08. The second-order valence-corrected chi connectivity index (χ2v) is 9.03. The molecule has 5 nitrogen and oxygen atoms in total. The van der Waals surface area contributed by atoms with Crippen molar-refractivity contribution in [3.8, 4) is 0 Å². The number of hydrogen-bond acceptors (Lipinski definition) is 3. The molecular formula is C23H25Cl2N3O2. The van der Waals surface area contributed by atoms with Gasteiger partial charge in [0.2, 0.25) is 11.8 Å². The molecule has 0 saturated carbocycles. The molecule has 2 heterocycles. The van der Waals surface area contributed by atoms with Crippen LogP contribution >= 0.6 is 23.2 Å². The van der Waals surface area contributed by atoms with Crippen LogP contribution in [0.15, 0.2) is 48.5 Å². The molecule has 1 unspecified atom stereocenters. The Balaban J connectivity index is 1.27. The minimum atomic E-state index is -0.335. The van der Waals surface area contributed by atoms with Gasteiger partial charge in [-0.2, -0.15) is 0 Å². The van der Waals surface area contributed by atoms with Crippen molar-refractivity contribution in [2.75, 3.05) is 5.32 Å². The summed E-state index contributed by atoms with van der Waals surface area (Å²) in [6.45, 7) is 0.912. The van der Waals surface area contributed by atoms with E-state index in [4.69, 9.17) is 23.2 Å². The SMILES string of the molecule is O=C(CC(=O)NC1C[C@H]2CC[C@@H](C1)N2Cc1ccc(Cl)cc1)Nc1cccc(Cl)c1. The Kier molecular flexibility index (Phi) is 6.61. The van der Waals surface area contributed by atoms with Crippen LogP contribution in [-0.4, -0.2) is 34.8 Å². The average Bonchev–Trinajstić information content (AvgIpc) is 2.92. The number of anilines is 1. The van der Waals surface area contributed by atoms with Gasteiger partial charge in [-0.25, -0.2) is 0 Å². The molecule has 2 saturated heterocycles. The Morgan fingerprint density at radius 1 is 0.933 bits per heavy atom. The molecule has 2 N–H and O–H groups in total. The lowest BCUT2D eigenvalue weighted by Crippen LogP contribution is -2.50. The van der Waals surface area contributed by atoms with Gasteiger partial charge < -0.3 is 10.6 Å². The lowest BCUT2D eigenvalue weighted by Gasteiger charge is -2.39. The largest absolute Gasteiger partial charge is 0.353 e. The van der Waals surface area contributed by atoms with Gasteiger partial charge in [-0.05, 0) is 61.6 Å². The number of carbonyl (C=O) groups excluding carboxylic acids is 2. The molecule has 7 heteroatoms. The van der Waals surface area contributed by atoms with Crippen molar-refractivity contribution in [3.05, 3.63) is 64.1 Å². The van der Waals surface area contributed by atoms with Gasteiger partial charge >= 0.3 is 0 Å². The molecule has 0 radical (unpaired) electrons. The van der Waals surface area contributed by atoms with Crippen LogP contribution in [0.4, 0.5) is 5.69 Å².